The lowest BCUT2D eigenvalue weighted by Gasteiger charge is -2.12. The Bertz CT molecular complexity index is 874. The average Bonchev–Trinajstić information content (AvgIpc) is 2.60. The highest BCUT2D eigenvalue weighted by atomic mass is 16.4. The van der Waals surface area contributed by atoms with E-state index in [4.69, 9.17) is 0 Å². The Kier molecular flexibility index (Phi) is 4.75. The highest BCUT2D eigenvalue weighted by Crippen LogP contribution is 2.28. The number of carboxylic acid groups (broad SMARTS) is 1. The topological polar surface area (TPSA) is 62.2 Å². The van der Waals surface area contributed by atoms with Crippen molar-refractivity contribution in [1.29, 1.82) is 0 Å². The van der Waals surface area contributed by atoms with E-state index in [2.05, 4.69) is 29.4 Å². The lowest BCUT2D eigenvalue weighted by molar-refractivity contribution is 0.0698. The molecule has 4 nitrogen and oxygen atoms in total. The molecule has 0 spiro atoms. The fourth-order valence-corrected chi connectivity index (χ4v) is 2.76. The van der Waals surface area contributed by atoms with E-state index in [1.54, 1.807) is 24.4 Å². The molecule has 0 aliphatic rings. The number of unbranched alkanes of at least 4 members (excludes halogenated alkanes) is 1. The second-order valence-corrected chi connectivity index (χ2v) is 5.79. The van der Waals surface area contributed by atoms with Crippen LogP contribution in [-0.2, 0) is 6.42 Å². The number of para-hydroxylation sites is 1. The number of carboxylic acids is 1. The first kappa shape index (κ1) is 16.0. The molecule has 3 rings (SSSR count). The molecule has 0 saturated heterocycles. The number of aromatic carboxylic acids is 1. The Morgan fingerprint density at radius 1 is 1.12 bits per heavy atom. The van der Waals surface area contributed by atoms with Crippen LogP contribution < -0.4 is 5.32 Å². The number of aryl methyl sites for hydroxylation is 1. The van der Waals surface area contributed by atoms with E-state index in [-0.39, 0.29) is 5.56 Å². The van der Waals surface area contributed by atoms with Crippen LogP contribution in [0.4, 0.5) is 11.4 Å². The van der Waals surface area contributed by atoms with Gasteiger partial charge in [-0.15, -0.1) is 0 Å². The van der Waals surface area contributed by atoms with Gasteiger partial charge in [-0.25, -0.2) is 4.79 Å². The third-order valence-electron chi connectivity index (χ3n) is 4.05. The SMILES string of the molecule is CCCCc1ccc2nccc(Nc3ccccc3C(=O)O)c2c1. The lowest BCUT2D eigenvalue weighted by Crippen LogP contribution is -2.02. The average molecular weight is 320 g/mol. The fraction of sp³-hybridized carbons (Fsp3) is 0.200. The van der Waals surface area contributed by atoms with Crippen molar-refractivity contribution in [1.82, 2.24) is 4.98 Å². The van der Waals surface area contributed by atoms with Crippen LogP contribution in [0.1, 0.15) is 35.7 Å². The molecule has 0 bridgehead atoms. The number of anilines is 2. The number of hydrogen-bond donors (Lipinski definition) is 2. The maximum absolute atomic E-state index is 11.4. The van der Waals surface area contributed by atoms with Gasteiger partial charge in [-0.2, -0.15) is 0 Å². The molecular weight excluding hydrogens is 300 g/mol. The number of pyridine rings is 1. The van der Waals surface area contributed by atoms with Gasteiger partial charge in [-0.3, -0.25) is 4.98 Å². The Labute approximate surface area is 141 Å². The number of hydrogen-bond acceptors (Lipinski definition) is 3. The highest BCUT2D eigenvalue weighted by molar-refractivity contribution is 5.98. The van der Waals surface area contributed by atoms with Gasteiger partial charge in [-0.1, -0.05) is 31.5 Å². The molecule has 24 heavy (non-hydrogen) atoms. The molecule has 0 aliphatic heterocycles. The first-order chi connectivity index (χ1) is 11.7. The molecule has 0 unspecified atom stereocenters. The lowest BCUT2D eigenvalue weighted by atomic mass is 10.0. The van der Waals surface area contributed by atoms with Crippen LogP contribution in [-0.4, -0.2) is 16.1 Å². The molecule has 0 fully saturated rings. The largest absolute Gasteiger partial charge is 0.478 e. The van der Waals surface area contributed by atoms with Crippen LogP contribution in [0.25, 0.3) is 10.9 Å². The van der Waals surface area contributed by atoms with E-state index in [9.17, 15) is 9.90 Å². The monoisotopic (exact) mass is 320 g/mol. The van der Waals surface area contributed by atoms with E-state index in [1.165, 1.54) is 5.56 Å². The van der Waals surface area contributed by atoms with Crippen LogP contribution in [0, 0.1) is 0 Å². The molecule has 2 N–H and O–H groups in total. The molecule has 0 atom stereocenters. The summed E-state index contributed by atoms with van der Waals surface area (Å²) in [5.41, 5.74) is 3.87. The Morgan fingerprint density at radius 3 is 2.75 bits per heavy atom. The van der Waals surface area contributed by atoms with E-state index >= 15 is 0 Å². The van der Waals surface area contributed by atoms with E-state index in [1.807, 2.05) is 18.2 Å². The number of benzene rings is 2. The van der Waals surface area contributed by atoms with Crippen molar-refractivity contribution < 1.29 is 9.90 Å². The Morgan fingerprint density at radius 2 is 1.96 bits per heavy atom. The summed E-state index contributed by atoms with van der Waals surface area (Å²) in [4.78, 5) is 15.8. The minimum Gasteiger partial charge on any atom is -0.478 e. The summed E-state index contributed by atoms with van der Waals surface area (Å²) in [6.07, 6.45) is 5.07. The van der Waals surface area contributed by atoms with Crippen molar-refractivity contribution in [2.45, 2.75) is 26.2 Å². The van der Waals surface area contributed by atoms with Gasteiger partial charge < -0.3 is 10.4 Å². The number of carbonyl (C=O) groups is 1. The van der Waals surface area contributed by atoms with E-state index in [0.29, 0.717) is 5.69 Å². The Balaban J connectivity index is 2.01. The Hall–Kier alpha value is -2.88. The van der Waals surface area contributed by atoms with Crippen LogP contribution in [0.2, 0.25) is 0 Å². The third kappa shape index (κ3) is 3.38. The van der Waals surface area contributed by atoms with Crippen molar-refractivity contribution in [3.8, 4) is 0 Å². The fourth-order valence-electron chi connectivity index (χ4n) is 2.76. The maximum Gasteiger partial charge on any atom is 0.337 e. The second kappa shape index (κ2) is 7.13. The van der Waals surface area contributed by atoms with Crippen molar-refractivity contribution >= 4 is 28.2 Å². The number of nitrogens with zero attached hydrogens (tertiary/aromatic N) is 1. The third-order valence-corrected chi connectivity index (χ3v) is 4.05. The van der Waals surface area contributed by atoms with Crippen LogP contribution in [0.15, 0.2) is 54.7 Å². The zero-order valence-corrected chi connectivity index (χ0v) is 13.6. The van der Waals surface area contributed by atoms with Crippen molar-refractivity contribution in [3.05, 3.63) is 65.9 Å². The summed E-state index contributed by atoms with van der Waals surface area (Å²) in [6.45, 7) is 2.18. The zero-order chi connectivity index (χ0) is 16.9. The predicted octanol–water partition coefficient (Wildman–Crippen LogP) is 5.02. The van der Waals surface area contributed by atoms with Gasteiger partial charge in [0.2, 0.25) is 0 Å². The summed E-state index contributed by atoms with van der Waals surface area (Å²) in [6, 6.07) is 15.1. The molecule has 0 amide bonds. The van der Waals surface area contributed by atoms with Gasteiger partial charge in [0.1, 0.15) is 0 Å². The first-order valence-corrected chi connectivity index (χ1v) is 8.16. The molecule has 2 aromatic carbocycles. The summed E-state index contributed by atoms with van der Waals surface area (Å²) in [5, 5.41) is 13.6. The van der Waals surface area contributed by atoms with Crippen LogP contribution >= 0.6 is 0 Å². The molecule has 0 saturated carbocycles. The number of fused-ring (bicyclic) bond motifs is 1. The van der Waals surface area contributed by atoms with Gasteiger partial charge in [0.05, 0.1) is 16.8 Å². The molecular formula is C20H20N2O2. The number of nitrogens with one attached hydrogen (secondary N) is 1. The highest BCUT2D eigenvalue weighted by Gasteiger charge is 2.11. The quantitative estimate of drug-likeness (QED) is 0.669. The van der Waals surface area contributed by atoms with E-state index in [0.717, 1.165) is 35.9 Å². The summed E-state index contributed by atoms with van der Waals surface area (Å²) in [7, 11) is 0. The van der Waals surface area contributed by atoms with Gasteiger partial charge in [0.15, 0.2) is 0 Å². The van der Waals surface area contributed by atoms with Gasteiger partial charge in [-0.05, 0) is 48.7 Å². The molecule has 1 aromatic heterocycles. The van der Waals surface area contributed by atoms with Crippen LogP contribution in [0.5, 0.6) is 0 Å². The first-order valence-electron chi connectivity index (χ1n) is 8.16. The summed E-state index contributed by atoms with van der Waals surface area (Å²) >= 11 is 0. The minimum atomic E-state index is -0.944. The summed E-state index contributed by atoms with van der Waals surface area (Å²) in [5.74, 6) is -0.944. The van der Waals surface area contributed by atoms with Crippen LogP contribution in [0.3, 0.4) is 0 Å². The molecule has 3 aromatic rings. The normalized spacial score (nSPS) is 10.7. The van der Waals surface area contributed by atoms with Gasteiger partial charge in [0.25, 0.3) is 0 Å². The maximum atomic E-state index is 11.4. The molecule has 1 heterocycles. The molecule has 122 valence electrons. The number of rotatable bonds is 6. The van der Waals surface area contributed by atoms with Crippen molar-refractivity contribution in [2.24, 2.45) is 0 Å². The zero-order valence-electron chi connectivity index (χ0n) is 13.6. The smallest absolute Gasteiger partial charge is 0.337 e. The molecule has 4 heteroatoms. The van der Waals surface area contributed by atoms with Crippen molar-refractivity contribution in [3.63, 3.8) is 0 Å². The van der Waals surface area contributed by atoms with Gasteiger partial charge >= 0.3 is 5.97 Å². The number of aromatic nitrogens is 1. The molecule has 0 radical (unpaired) electrons. The molecule has 0 aliphatic carbocycles. The summed E-state index contributed by atoms with van der Waals surface area (Å²) < 4.78 is 0. The minimum absolute atomic E-state index is 0.254. The predicted molar refractivity (Wildman–Crippen MR) is 97.0 cm³/mol. The van der Waals surface area contributed by atoms with E-state index < -0.39 is 5.97 Å². The van der Waals surface area contributed by atoms with Crippen molar-refractivity contribution in [2.75, 3.05) is 5.32 Å². The second-order valence-electron chi connectivity index (χ2n) is 5.79. The van der Waals surface area contributed by atoms with Gasteiger partial charge in [0, 0.05) is 17.3 Å². The standard InChI is InChI=1S/C20H20N2O2/c1-2-3-6-14-9-10-17-16(13-14)19(11-12-21-17)22-18-8-5-4-7-15(18)20(23)24/h4-5,7-13H,2-3,6H2,1H3,(H,21,22)(H,23,24).